The fourth-order valence-corrected chi connectivity index (χ4v) is 1.55. The van der Waals surface area contributed by atoms with E-state index in [1.54, 1.807) is 6.92 Å². The van der Waals surface area contributed by atoms with Gasteiger partial charge in [0.25, 0.3) is 0 Å². The summed E-state index contributed by atoms with van der Waals surface area (Å²) in [5.41, 5.74) is 5.75. The molecule has 2 N–H and O–H groups in total. The molecule has 2 unspecified atom stereocenters. The van der Waals surface area contributed by atoms with E-state index in [9.17, 15) is 4.79 Å². The molecule has 5 nitrogen and oxygen atoms in total. The third-order valence-corrected chi connectivity index (χ3v) is 2.33. The van der Waals surface area contributed by atoms with Crippen molar-refractivity contribution in [3.63, 3.8) is 0 Å². The van der Waals surface area contributed by atoms with Crippen molar-refractivity contribution >= 4 is 6.09 Å². The zero-order chi connectivity index (χ0) is 10.6. The Morgan fingerprint density at radius 2 is 2.50 bits per heavy atom. The standard InChI is InChI=1S/C9H15N3O2/c1-2-14-9(13)12-4-3-7(6-10)5-8(12)11/h7-8H,2-5,11H2,1H3. The molecular formula is C9H15N3O2. The molecule has 0 aromatic heterocycles. The number of likely N-dealkylation sites (tertiary alicyclic amines) is 1. The Hall–Kier alpha value is -1.28. The molecular weight excluding hydrogens is 182 g/mol. The summed E-state index contributed by atoms with van der Waals surface area (Å²) in [7, 11) is 0. The molecule has 1 aliphatic rings. The van der Waals surface area contributed by atoms with Crippen molar-refractivity contribution in [2.45, 2.75) is 25.9 Å². The van der Waals surface area contributed by atoms with Crippen molar-refractivity contribution in [2.24, 2.45) is 11.7 Å². The van der Waals surface area contributed by atoms with Gasteiger partial charge in [-0.15, -0.1) is 0 Å². The first-order valence-corrected chi connectivity index (χ1v) is 4.77. The van der Waals surface area contributed by atoms with E-state index in [-0.39, 0.29) is 18.2 Å². The van der Waals surface area contributed by atoms with Crippen LogP contribution in [-0.4, -0.2) is 30.3 Å². The number of hydrogen-bond donors (Lipinski definition) is 1. The van der Waals surface area contributed by atoms with Gasteiger partial charge in [0.05, 0.1) is 24.8 Å². The van der Waals surface area contributed by atoms with Gasteiger partial charge in [-0.1, -0.05) is 0 Å². The molecule has 1 heterocycles. The van der Waals surface area contributed by atoms with Crippen molar-refractivity contribution in [2.75, 3.05) is 13.2 Å². The molecule has 0 aromatic carbocycles. The molecule has 1 aliphatic heterocycles. The summed E-state index contributed by atoms with van der Waals surface area (Å²) in [4.78, 5) is 12.8. The van der Waals surface area contributed by atoms with E-state index in [1.807, 2.05) is 0 Å². The Balaban J connectivity index is 2.50. The smallest absolute Gasteiger partial charge is 0.411 e. The van der Waals surface area contributed by atoms with Crippen LogP contribution >= 0.6 is 0 Å². The van der Waals surface area contributed by atoms with E-state index < -0.39 is 0 Å². The maximum atomic E-state index is 11.3. The second-order valence-corrected chi connectivity index (χ2v) is 3.31. The van der Waals surface area contributed by atoms with Gasteiger partial charge in [0.1, 0.15) is 0 Å². The predicted molar refractivity (Wildman–Crippen MR) is 50.0 cm³/mol. The average Bonchev–Trinajstić information content (AvgIpc) is 2.17. The second kappa shape index (κ2) is 4.82. The number of hydrogen-bond acceptors (Lipinski definition) is 4. The van der Waals surface area contributed by atoms with Crippen molar-refractivity contribution in [3.05, 3.63) is 0 Å². The Morgan fingerprint density at radius 3 is 3.00 bits per heavy atom. The molecule has 5 heteroatoms. The highest BCUT2D eigenvalue weighted by Crippen LogP contribution is 2.19. The van der Waals surface area contributed by atoms with Gasteiger partial charge in [0, 0.05) is 6.54 Å². The topological polar surface area (TPSA) is 79.3 Å². The molecule has 0 aliphatic carbocycles. The lowest BCUT2D eigenvalue weighted by atomic mass is 9.96. The van der Waals surface area contributed by atoms with E-state index >= 15 is 0 Å². The maximum absolute atomic E-state index is 11.3. The van der Waals surface area contributed by atoms with Crippen LogP contribution in [0.15, 0.2) is 0 Å². The van der Waals surface area contributed by atoms with E-state index in [1.165, 1.54) is 4.90 Å². The van der Waals surface area contributed by atoms with Gasteiger partial charge in [-0.05, 0) is 19.8 Å². The number of nitriles is 1. The quantitative estimate of drug-likeness (QED) is 0.669. The fourth-order valence-electron chi connectivity index (χ4n) is 1.55. The first-order valence-electron chi connectivity index (χ1n) is 4.77. The first kappa shape index (κ1) is 10.8. The van der Waals surface area contributed by atoms with Crippen LogP contribution in [-0.2, 0) is 4.74 Å². The second-order valence-electron chi connectivity index (χ2n) is 3.31. The Morgan fingerprint density at radius 1 is 1.79 bits per heavy atom. The molecule has 0 saturated carbocycles. The van der Waals surface area contributed by atoms with E-state index in [0.29, 0.717) is 26.0 Å². The van der Waals surface area contributed by atoms with E-state index in [4.69, 9.17) is 15.7 Å². The minimum atomic E-state index is -0.382. The monoisotopic (exact) mass is 197 g/mol. The Bertz CT molecular complexity index is 249. The number of ether oxygens (including phenoxy) is 1. The molecule has 2 atom stereocenters. The van der Waals surface area contributed by atoms with Gasteiger partial charge in [-0.25, -0.2) is 4.79 Å². The van der Waals surface area contributed by atoms with E-state index in [0.717, 1.165) is 0 Å². The molecule has 0 aromatic rings. The lowest BCUT2D eigenvalue weighted by molar-refractivity contribution is 0.0722. The van der Waals surface area contributed by atoms with Gasteiger partial charge in [-0.2, -0.15) is 5.26 Å². The number of rotatable bonds is 1. The SMILES string of the molecule is CCOC(=O)N1CCC(C#N)CC1N. The number of carbonyl (C=O) groups excluding carboxylic acids is 1. The van der Waals surface area contributed by atoms with Crippen molar-refractivity contribution in [1.29, 1.82) is 5.26 Å². The molecule has 0 bridgehead atoms. The third-order valence-electron chi connectivity index (χ3n) is 2.33. The van der Waals surface area contributed by atoms with Crippen LogP contribution in [0, 0.1) is 17.2 Å². The zero-order valence-electron chi connectivity index (χ0n) is 8.27. The van der Waals surface area contributed by atoms with Gasteiger partial charge in [0.15, 0.2) is 0 Å². The number of nitrogens with zero attached hydrogens (tertiary/aromatic N) is 2. The average molecular weight is 197 g/mol. The van der Waals surface area contributed by atoms with Crippen LogP contribution < -0.4 is 5.73 Å². The van der Waals surface area contributed by atoms with Gasteiger partial charge >= 0.3 is 6.09 Å². The van der Waals surface area contributed by atoms with Crippen LogP contribution in [0.3, 0.4) is 0 Å². The normalized spacial score (nSPS) is 26.8. The summed E-state index contributed by atoms with van der Waals surface area (Å²) < 4.78 is 4.84. The molecule has 1 fully saturated rings. The summed E-state index contributed by atoms with van der Waals surface area (Å²) in [6, 6.07) is 2.17. The number of carbonyl (C=O) groups is 1. The van der Waals surface area contributed by atoms with Gasteiger partial charge < -0.3 is 10.5 Å². The highest BCUT2D eigenvalue weighted by Gasteiger charge is 2.29. The molecule has 14 heavy (non-hydrogen) atoms. The largest absolute Gasteiger partial charge is 0.450 e. The van der Waals surface area contributed by atoms with Crippen molar-refractivity contribution in [3.8, 4) is 6.07 Å². The molecule has 1 saturated heterocycles. The van der Waals surface area contributed by atoms with Gasteiger partial charge in [-0.3, -0.25) is 4.90 Å². The summed E-state index contributed by atoms with van der Waals surface area (Å²) >= 11 is 0. The Kier molecular flexibility index (Phi) is 3.72. The first-order chi connectivity index (χ1) is 6.69. The number of piperidine rings is 1. The van der Waals surface area contributed by atoms with Crippen LogP contribution in [0.25, 0.3) is 0 Å². The number of amides is 1. The third kappa shape index (κ3) is 2.36. The molecule has 0 spiro atoms. The summed E-state index contributed by atoms with van der Waals surface area (Å²) in [5.74, 6) is -0.0318. The zero-order valence-corrected chi connectivity index (χ0v) is 8.27. The van der Waals surface area contributed by atoms with Crippen molar-refractivity contribution < 1.29 is 9.53 Å². The fraction of sp³-hybridized carbons (Fsp3) is 0.778. The minimum Gasteiger partial charge on any atom is -0.450 e. The summed E-state index contributed by atoms with van der Waals surface area (Å²) in [5, 5.41) is 8.70. The molecule has 78 valence electrons. The highest BCUT2D eigenvalue weighted by atomic mass is 16.6. The van der Waals surface area contributed by atoms with Crippen LogP contribution in [0.4, 0.5) is 4.79 Å². The van der Waals surface area contributed by atoms with Crippen LogP contribution in [0.1, 0.15) is 19.8 Å². The minimum absolute atomic E-state index is 0.0318. The molecule has 1 amide bonds. The Labute approximate surface area is 83.4 Å². The van der Waals surface area contributed by atoms with E-state index in [2.05, 4.69) is 6.07 Å². The van der Waals surface area contributed by atoms with Crippen molar-refractivity contribution in [1.82, 2.24) is 4.90 Å². The maximum Gasteiger partial charge on any atom is 0.411 e. The summed E-state index contributed by atoms with van der Waals surface area (Å²) in [6.45, 7) is 2.62. The number of nitrogens with two attached hydrogens (primary N) is 1. The lowest BCUT2D eigenvalue weighted by Gasteiger charge is -2.34. The van der Waals surface area contributed by atoms with Crippen LogP contribution in [0.5, 0.6) is 0 Å². The molecule has 1 rings (SSSR count). The highest BCUT2D eigenvalue weighted by molar-refractivity contribution is 5.68. The lowest BCUT2D eigenvalue weighted by Crippen LogP contribution is -2.50. The molecule has 0 radical (unpaired) electrons. The predicted octanol–water partition coefficient (Wildman–Crippen LogP) is 0.663. The van der Waals surface area contributed by atoms with Gasteiger partial charge in [0.2, 0.25) is 0 Å². The van der Waals surface area contributed by atoms with Crippen LogP contribution in [0.2, 0.25) is 0 Å². The summed E-state index contributed by atoms with van der Waals surface area (Å²) in [6.07, 6.45) is 0.460.